The summed E-state index contributed by atoms with van der Waals surface area (Å²) >= 11 is 3.35. The van der Waals surface area contributed by atoms with E-state index in [1.165, 1.54) is 24.1 Å². The van der Waals surface area contributed by atoms with Gasteiger partial charge >= 0.3 is 5.97 Å². The highest BCUT2D eigenvalue weighted by Gasteiger charge is 2.40. The highest BCUT2D eigenvalue weighted by Crippen LogP contribution is 2.34. The van der Waals surface area contributed by atoms with Gasteiger partial charge in [0.1, 0.15) is 11.9 Å². The molecule has 1 heterocycles. The number of carbonyl (C=O) groups is 2. The van der Waals surface area contributed by atoms with E-state index in [-0.39, 0.29) is 11.7 Å². The summed E-state index contributed by atoms with van der Waals surface area (Å²) < 4.78 is 18.8. The number of halogens is 2. The van der Waals surface area contributed by atoms with Crippen LogP contribution < -0.4 is 0 Å². The van der Waals surface area contributed by atoms with Crippen molar-refractivity contribution in [2.24, 2.45) is 0 Å². The number of likely N-dealkylation sites (tertiary alicyclic amines) is 1. The van der Waals surface area contributed by atoms with Crippen LogP contribution in [0, 0.1) is 5.82 Å². The first kappa shape index (κ1) is 15.0. The lowest BCUT2D eigenvalue weighted by Gasteiger charge is -2.30. The zero-order chi connectivity index (χ0) is 14.9. The van der Waals surface area contributed by atoms with Gasteiger partial charge in [0.15, 0.2) is 0 Å². The molecule has 20 heavy (non-hydrogen) atoms. The summed E-state index contributed by atoms with van der Waals surface area (Å²) in [6.07, 6.45) is 0.736. The van der Waals surface area contributed by atoms with Crippen LogP contribution in [0.5, 0.6) is 0 Å². The molecule has 0 bridgehead atoms. The van der Waals surface area contributed by atoms with Crippen molar-refractivity contribution in [2.75, 3.05) is 7.11 Å². The van der Waals surface area contributed by atoms with E-state index in [1.807, 2.05) is 0 Å². The fourth-order valence-electron chi connectivity index (χ4n) is 2.54. The maximum atomic E-state index is 13.4. The number of rotatable bonds is 3. The first-order valence-electron chi connectivity index (χ1n) is 6.29. The average Bonchev–Trinajstić information content (AvgIpc) is 2.81. The Morgan fingerprint density at radius 1 is 1.55 bits per heavy atom. The van der Waals surface area contributed by atoms with E-state index >= 15 is 0 Å². The first-order chi connectivity index (χ1) is 9.45. The van der Waals surface area contributed by atoms with Crippen molar-refractivity contribution in [3.8, 4) is 0 Å². The third kappa shape index (κ3) is 2.70. The van der Waals surface area contributed by atoms with Crippen molar-refractivity contribution < 1.29 is 18.7 Å². The topological polar surface area (TPSA) is 46.6 Å². The summed E-state index contributed by atoms with van der Waals surface area (Å²) in [5, 5.41) is 0. The van der Waals surface area contributed by atoms with Crippen LogP contribution in [0.25, 0.3) is 0 Å². The van der Waals surface area contributed by atoms with Crippen LogP contribution in [0.2, 0.25) is 0 Å². The van der Waals surface area contributed by atoms with E-state index < -0.39 is 18.1 Å². The molecule has 0 saturated carbocycles. The van der Waals surface area contributed by atoms with E-state index in [9.17, 15) is 14.0 Å². The minimum absolute atomic E-state index is 0.121. The van der Waals surface area contributed by atoms with E-state index in [0.717, 1.165) is 0 Å². The average molecular weight is 344 g/mol. The van der Waals surface area contributed by atoms with Crippen LogP contribution in [-0.2, 0) is 14.3 Å². The van der Waals surface area contributed by atoms with Gasteiger partial charge in [0.25, 0.3) is 0 Å². The molecule has 2 rings (SSSR count). The second-order valence-corrected chi connectivity index (χ2v) is 5.57. The maximum Gasteiger partial charge on any atom is 0.328 e. The number of methoxy groups -OCH3 is 1. The molecule has 6 heteroatoms. The van der Waals surface area contributed by atoms with Crippen LogP contribution in [0.4, 0.5) is 4.39 Å². The van der Waals surface area contributed by atoms with Crippen LogP contribution >= 0.6 is 15.9 Å². The summed E-state index contributed by atoms with van der Waals surface area (Å²) in [6.45, 7) is 1.78. The maximum absolute atomic E-state index is 13.4. The Balaban J connectivity index is 2.34. The number of hydrogen-bond donors (Lipinski definition) is 0. The van der Waals surface area contributed by atoms with E-state index in [2.05, 4.69) is 15.9 Å². The molecule has 0 spiro atoms. The molecule has 2 unspecified atom stereocenters. The molecule has 0 aromatic heterocycles. The van der Waals surface area contributed by atoms with Crippen molar-refractivity contribution >= 4 is 27.8 Å². The highest BCUT2D eigenvalue weighted by molar-refractivity contribution is 9.10. The van der Waals surface area contributed by atoms with Crippen molar-refractivity contribution in [1.82, 2.24) is 4.90 Å². The molecule has 0 radical (unpaired) electrons. The van der Waals surface area contributed by atoms with Gasteiger partial charge in [-0.2, -0.15) is 0 Å². The number of hydrogen-bond acceptors (Lipinski definition) is 3. The number of benzene rings is 1. The van der Waals surface area contributed by atoms with Crippen LogP contribution in [0.3, 0.4) is 0 Å². The molecule has 1 aliphatic heterocycles. The van der Waals surface area contributed by atoms with Gasteiger partial charge in [0.2, 0.25) is 5.91 Å². The number of amides is 1. The highest BCUT2D eigenvalue weighted by atomic mass is 79.9. The Hall–Kier alpha value is -1.43. The third-order valence-corrected chi connectivity index (χ3v) is 4.28. The molecule has 108 valence electrons. The Morgan fingerprint density at radius 3 is 2.90 bits per heavy atom. The summed E-state index contributed by atoms with van der Waals surface area (Å²) in [5.74, 6) is -0.935. The summed E-state index contributed by atoms with van der Waals surface area (Å²) in [4.78, 5) is 25.3. The van der Waals surface area contributed by atoms with Gasteiger partial charge in [-0.15, -0.1) is 0 Å². The Labute approximate surface area is 125 Å². The lowest BCUT2D eigenvalue weighted by Crippen LogP contribution is -2.41. The predicted molar refractivity (Wildman–Crippen MR) is 74.4 cm³/mol. The number of ether oxygens (including phenoxy) is 1. The molecular weight excluding hydrogens is 329 g/mol. The van der Waals surface area contributed by atoms with Gasteiger partial charge in [-0.1, -0.05) is 15.9 Å². The van der Waals surface area contributed by atoms with E-state index in [1.54, 1.807) is 13.0 Å². The fourth-order valence-corrected chi connectivity index (χ4v) is 3.12. The number of nitrogens with zero attached hydrogens (tertiary/aromatic N) is 1. The van der Waals surface area contributed by atoms with E-state index in [4.69, 9.17) is 4.74 Å². The van der Waals surface area contributed by atoms with Crippen LogP contribution in [0.1, 0.15) is 31.4 Å². The molecule has 1 aromatic carbocycles. The smallest absolute Gasteiger partial charge is 0.328 e. The predicted octanol–water partition coefficient (Wildman–Crippen LogP) is 2.81. The van der Waals surface area contributed by atoms with Gasteiger partial charge in [0.05, 0.1) is 13.2 Å². The molecule has 1 aliphatic rings. The summed E-state index contributed by atoms with van der Waals surface area (Å²) in [5.41, 5.74) is 0.633. The molecule has 0 N–H and O–H groups in total. The van der Waals surface area contributed by atoms with E-state index in [0.29, 0.717) is 22.9 Å². The van der Waals surface area contributed by atoms with Crippen molar-refractivity contribution in [2.45, 2.75) is 31.8 Å². The van der Waals surface area contributed by atoms with Gasteiger partial charge in [-0.05, 0) is 37.1 Å². The quantitative estimate of drug-likeness (QED) is 0.793. The second kappa shape index (κ2) is 5.91. The lowest BCUT2D eigenvalue weighted by molar-refractivity contribution is -0.150. The number of carbonyl (C=O) groups excluding carboxylic acids is 2. The Kier molecular flexibility index (Phi) is 4.42. The van der Waals surface area contributed by atoms with Crippen LogP contribution in [0.15, 0.2) is 22.7 Å². The van der Waals surface area contributed by atoms with Gasteiger partial charge < -0.3 is 9.64 Å². The normalized spacial score (nSPS) is 20.1. The van der Waals surface area contributed by atoms with Crippen molar-refractivity contribution in [3.63, 3.8) is 0 Å². The fraction of sp³-hybridized carbons (Fsp3) is 0.429. The Bertz CT molecular complexity index is 549. The zero-order valence-corrected chi connectivity index (χ0v) is 12.8. The monoisotopic (exact) mass is 343 g/mol. The molecule has 1 aromatic rings. The molecule has 4 nitrogen and oxygen atoms in total. The Morgan fingerprint density at radius 2 is 2.25 bits per heavy atom. The summed E-state index contributed by atoms with van der Waals surface area (Å²) in [6, 6.07) is 3.30. The van der Waals surface area contributed by atoms with Crippen molar-refractivity contribution in [1.29, 1.82) is 0 Å². The lowest BCUT2D eigenvalue weighted by atomic mass is 10.1. The molecule has 1 amide bonds. The minimum atomic E-state index is -0.599. The van der Waals surface area contributed by atoms with Crippen LogP contribution in [-0.4, -0.2) is 29.9 Å². The molecule has 1 saturated heterocycles. The number of esters is 1. The largest absolute Gasteiger partial charge is 0.467 e. The molecular formula is C14H15BrFNO3. The molecule has 2 atom stereocenters. The standard InChI is InChI=1S/C14H15BrFNO3/c1-8(10-7-9(16)3-4-11(10)15)17-12(14(19)20-2)5-6-13(17)18/h3-4,7-8,12H,5-6H2,1-2H3. The third-order valence-electron chi connectivity index (χ3n) is 3.55. The molecule has 0 aliphatic carbocycles. The van der Waals surface area contributed by atoms with Gasteiger partial charge in [-0.3, -0.25) is 4.79 Å². The SMILES string of the molecule is COC(=O)C1CCC(=O)N1C(C)c1cc(F)ccc1Br. The van der Waals surface area contributed by atoms with Gasteiger partial charge in [0, 0.05) is 10.9 Å². The minimum Gasteiger partial charge on any atom is -0.467 e. The zero-order valence-electron chi connectivity index (χ0n) is 11.2. The second-order valence-electron chi connectivity index (χ2n) is 4.72. The first-order valence-corrected chi connectivity index (χ1v) is 7.09. The van der Waals surface area contributed by atoms with Crippen molar-refractivity contribution in [3.05, 3.63) is 34.1 Å². The molecule has 1 fully saturated rings. The summed E-state index contributed by atoms with van der Waals surface area (Å²) in [7, 11) is 1.30. The van der Waals surface area contributed by atoms with Gasteiger partial charge in [-0.25, -0.2) is 9.18 Å².